The third-order valence-corrected chi connectivity index (χ3v) is 5.73. The molecule has 2 heteroatoms. The van der Waals surface area contributed by atoms with Crippen LogP contribution in [0.1, 0.15) is 67.2 Å². The molecular weight excluding hydrogens is 232 g/mol. The first-order valence-corrected chi connectivity index (χ1v) is 8.35. The Morgan fingerprint density at radius 1 is 1.11 bits per heavy atom. The van der Waals surface area contributed by atoms with Gasteiger partial charge in [-0.1, -0.05) is 47.5 Å². The van der Waals surface area contributed by atoms with Crippen molar-refractivity contribution >= 4 is 0 Å². The molecule has 0 spiro atoms. The zero-order valence-corrected chi connectivity index (χ0v) is 14.2. The van der Waals surface area contributed by atoms with Crippen LogP contribution >= 0.6 is 0 Å². The van der Waals surface area contributed by atoms with Crippen molar-refractivity contribution in [2.75, 3.05) is 26.2 Å². The zero-order valence-electron chi connectivity index (χ0n) is 14.2. The lowest BCUT2D eigenvalue weighted by molar-refractivity contribution is 0.0596. The lowest BCUT2D eigenvalue weighted by Crippen LogP contribution is -2.49. The minimum Gasteiger partial charge on any atom is -0.314 e. The van der Waals surface area contributed by atoms with E-state index in [0.29, 0.717) is 16.9 Å². The predicted octanol–water partition coefficient (Wildman–Crippen LogP) is 3.91. The molecule has 0 aromatic carbocycles. The highest BCUT2D eigenvalue weighted by Gasteiger charge is 2.34. The summed E-state index contributed by atoms with van der Waals surface area (Å²) < 4.78 is 0. The number of likely N-dealkylation sites (tertiary alicyclic amines) is 1. The summed E-state index contributed by atoms with van der Waals surface area (Å²) >= 11 is 0. The second-order valence-corrected chi connectivity index (χ2v) is 7.25. The minimum atomic E-state index is 0.356. The Morgan fingerprint density at radius 3 is 2.05 bits per heavy atom. The van der Waals surface area contributed by atoms with Crippen LogP contribution in [0.2, 0.25) is 0 Å². The Kier molecular flexibility index (Phi) is 6.32. The molecule has 1 saturated heterocycles. The van der Waals surface area contributed by atoms with Crippen molar-refractivity contribution in [2.45, 2.75) is 73.3 Å². The molecule has 0 bridgehead atoms. The SMILES string of the molecule is CCNC(C)C(C)(C)CN1CCC(CC)(CC)CC1. The highest BCUT2D eigenvalue weighted by molar-refractivity contribution is 4.88. The summed E-state index contributed by atoms with van der Waals surface area (Å²) in [6, 6.07) is 0.585. The van der Waals surface area contributed by atoms with Crippen LogP contribution in [0.5, 0.6) is 0 Å². The predicted molar refractivity (Wildman–Crippen MR) is 85.6 cm³/mol. The number of hydrogen-bond acceptors (Lipinski definition) is 2. The molecule has 1 unspecified atom stereocenters. The molecule has 19 heavy (non-hydrogen) atoms. The van der Waals surface area contributed by atoms with E-state index in [2.05, 4.69) is 51.8 Å². The van der Waals surface area contributed by atoms with Gasteiger partial charge in [-0.05, 0) is 50.2 Å². The first kappa shape index (κ1) is 17.0. The molecule has 0 saturated carbocycles. The summed E-state index contributed by atoms with van der Waals surface area (Å²) in [7, 11) is 0. The van der Waals surface area contributed by atoms with Crippen molar-refractivity contribution in [3.8, 4) is 0 Å². The van der Waals surface area contributed by atoms with Gasteiger partial charge < -0.3 is 10.2 Å². The summed E-state index contributed by atoms with van der Waals surface area (Å²) in [5.41, 5.74) is 1.00. The fraction of sp³-hybridized carbons (Fsp3) is 1.00. The lowest BCUT2D eigenvalue weighted by Gasteiger charge is -2.44. The van der Waals surface area contributed by atoms with Crippen LogP contribution in [-0.2, 0) is 0 Å². The maximum absolute atomic E-state index is 3.59. The molecule has 114 valence electrons. The Hall–Kier alpha value is -0.0800. The smallest absolute Gasteiger partial charge is 0.0102 e. The standard InChI is InChI=1S/C17H36N2/c1-7-17(8-2)10-12-19(13-11-17)14-16(5,6)15(4)18-9-3/h15,18H,7-14H2,1-6H3. The van der Waals surface area contributed by atoms with E-state index in [1.807, 2.05) is 0 Å². The number of hydrogen-bond donors (Lipinski definition) is 1. The van der Waals surface area contributed by atoms with Gasteiger partial charge in [-0.25, -0.2) is 0 Å². The molecule has 1 heterocycles. The quantitative estimate of drug-likeness (QED) is 0.753. The summed E-state index contributed by atoms with van der Waals surface area (Å²) in [4.78, 5) is 2.69. The third-order valence-electron chi connectivity index (χ3n) is 5.73. The number of nitrogens with zero attached hydrogens (tertiary/aromatic N) is 1. The first-order chi connectivity index (χ1) is 8.89. The van der Waals surface area contributed by atoms with E-state index in [-0.39, 0.29) is 0 Å². The van der Waals surface area contributed by atoms with Crippen molar-refractivity contribution in [3.05, 3.63) is 0 Å². The van der Waals surface area contributed by atoms with Crippen LogP contribution < -0.4 is 5.32 Å². The Labute approximate surface area is 121 Å². The Bertz CT molecular complexity index is 246. The van der Waals surface area contributed by atoms with Crippen LogP contribution in [0.25, 0.3) is 0 Å². The zero-order chi connectivity index (χ0) is 14.5. The normalized spacial score (nSPS) is 22.4. The monoisotopic (exact) mass is 268 g/mol. The molecule has 0 aromatic rings. The fourth-order valence-electron chi connectivity index (χ4n) is 3.44. The van der Waals surface area contributed by atoms with Crippen LogP contribution in [0.15, 0.2) is 0 Å². The van der Waals surface area contributed by atoms with Gasteiger partial charge in [-0.3, -0.25) is 0 Å². The van der Waals surface area contributed by atoms with Crippen LogP contribution in [0.4, 0.5) is 0 Å². The Balaban J connectivity index is 2.48. The largest absolute Gasteiger partial charge is 0.314 e. The van der Waals surface area contributed by atoms with Crippen molar-refractivity contribution in [2.24, 2.45) is 10.8 Å². The van der Waals surface area contributed by atoms with Crippen LogP contribution in [0.3, 0.4) is 0 Å². The minimum absolute atomic E-state index is 0.356. The van der Waals surface area contributed by atoms with Gasteiger partial charge in [0.15, 0.2) is 0 Å². The van der Waals surface area contributed by atoms with Crippen molar-refractivity contribution in [1.29, 1.82) is 0 Å². The van der Waals surface area contributed by atoms with E-state index >= 15 is 0 Å². The number of nitrogens with one attached hydrogen (secondary N) is 1. The second kappa shape index (κ2) is 7.08. The fourth-order valence-corrected chi connectivity index (χ4v) is 3.44. The van der Waals surface area contributed by atoms with Gasteiger partial charge in [0, 0.05) is 12.6 Å². The average molecular weight is 268 g/mol. The van der Waals surface area contributed by atoms with Gasteiger partial charge >= 0.3 is 0 Å². The highest BCUT2D eigenvalue weighted by atomic mass is 15.1. The molecule has 0 aliphatic carbocycles. The van der Waals surface area contributed by atoms with E-state index in [4.69, 9.17) is 0 Å². The lowest BCUT2D eigenvalue weighted by atomic mass is 9.73. The molecule has 0 amide bonds. The van der Waals surface area contributed by atoms with Gasteiger partial charge in [0.2, 0.25) is 0 Å². The molecular formula is C17H36N2. The molecule has 1 aliphatic rings. The molecule has 0 radical (unpaired) electrons. The van der Waals surface area contributed by atoms with Crippen molar-refractivity contribution < 1.29 is 0 Å². The molecule has 2 nitrogen and oxygen atoms in total. The van der Waals surface area contributed by atoms with E-state index < -0.39 is 0 Å². The first-order valence-electron chi connectivity index (χ1n) is 8.35. The van der Waals surface area contributed by atoms with Crippen molar-refractivity contribution in [3.63, 3.8) is 0 Å². The van der Waals surface area contributed by atoms with E-state index in [9.17, 15) is 0 Å². The Morgan fingerprint density at radius 2 is 1.63 bits per heavy atom. The summed E-state index contributed by atoms with van der Waals surface area (Å²) in [5, 5.41) is 3.59. The van der Waals surface area contributed by atoms with E-state index in [1.165, 1.54) is 45.3 Å². The van der Waals surface area contributed by atoms with Crippen LogP contribution in [-0.4, -0.2) is 37.1 Å². The maximum atomic E-state index is 3.59. The summed E-state index contributed by atoms with van der Waals surface area (Å²) in [6.07, 6.45) is 5.50. The molecule has 0 aromatic heterocycles. The van der Waals surface area contributed by atoms with Gasteiger partial charge in [-0.2, -0.15) is 0 Å². The van der Waals surface area contributed by atoms with Gasteiger partial charge in [0.25, 0.3) is 0 Å². The highest BCUT2D eigenvalue weighted by Crippen LogP contribution is 2.38. The topological polar surface area (TPSA) is 15.3 Å². The molecule has 1 rings (SSSR count). The van der Waals surface area contributed by atoms with E-state index in [1.54, 1.807) is 0 Å². The molecule has 1 atom stereocenters. The average Bonchev–Trinajstić information content (AvgIpc) is 2.40. The number of rotatable bonds is 7. The summed E-state index contributed by atoms with van der Waals surface area (Å²) in [6.45, 7) is 19.0. The second-order valence-electron chi connectivity index (χ2n) is 7.25. The van der Waals surface area contributed by atoms with Gasteiger partial charge in [0.1, 0.15) is 0 Å². The number of piperidine rings is 1. The van der Waals surface area contributed by atoms with Crippen LogP contribution in [0, 0.1) is 10.8 Å². The van der Waals surface area contributed by atoms with Gasteiger partial charge in [0.05, 0.1) is 0 Å². The maximum Gasteiger partial charge on any atom is 0.0102 e. The summed E-state index contributed by atoms with van der Waals surface area (Å²) in [5.74, 6) is 0. The molecule has 1 aliphatic heterocycles. The molecule has 1 fully saturated rings. The van der Waals surface area contributed by atoms with Gasteiger partial charge in [-0.15, -0.1) is 0 Å². The van der Waals surface area contributed by atoms with Crippen molar-refractivity contribution in [1.82, 2.24) is 10.2 Å². The third kappa shape index (κ3) is 4.46. The van der Waals surface area contributed by atoms with E-state index in [0.717, 1.165) is 6.54 Å². The molecule has 1 N–H and O–H groups in total.